The monoisotopic (exact) mass is 508 g/mol. The van der Waals surface area contributed by atoms with Crippen LogP contribution in [0.2, 0.25) is 0 Å². The average Bonchev–Trinajstić information content (AvgIpc) is 3.36. The summed E-state index contributed by atoms with van der Waals surface area (Å²) in [5, 5.41) is 4.24. The van der Waals surface area contributed by atoms with Crippen LogP contribution in [-0.4, -0.2) is 40.0 Å². The number of methoxy groups -OCH3 is 1. The zero-order chi connectivity index (χ0) is 25.3. The Morgan fingerprint density at radius 3 is 2.56 bits per heavy atom. The molecular formula is C26H25FN4O4S. The number of amidine groups is 1. The van der Waals surface area contributed by atoms with Crippen molar-refractivity contribution in [3.63, 3.8) is 0 Å². The van der Waals surface area contributed by atoms with Crippen molar-refractivity contribution in [2.45, 2.75) is 43.6 Å². The molecule has 0 N–H and O–H groups in total. The molecule has 1 aliphatic carbocycles. The van der Waals surface area contributed by atoms with E-state index in [0.717, 1.165) is 22.5 Å². The van der Waals surface area contributed by atoms with Gasteiger partial charge >= 0.3 is 0 Å². The molecule has 0 amide bonds. The van der Waals surface area contributed by atoms with E-state index in [2.05, 4.69) is 10.1 Å². The molecule has 0 bridgehead atoms. The lowest BCUT2D eigenvalue weighted by molar-refractivity contribution is -0.0612. The molecule has 3 aromatic rings. The minimum Gasteiger partial charge on any atom is -0.495 e. The van der Waals surface area contributed by atoms with Crippen LogP contribution >= 0.6 is 0 Å². The smallest absolute Gasteiger partial charge is 0.247 e. The van der Waals surface area contributed by atoms with Crippen molar-refractivity contribution in [1.82, 2.24) is 13.9 Å². The number of nitrogens with zero attached hydrogens (tertiary/aromatic N) is 4. The van der Waals surface area contributed by atoms with Crippen LogP contribution in [0.25, 0.3) is 11.8 Å². The molecule has 2 aliphatic heterocycles. The summed E-state index contributed by atoms with van der Waals surface area (Å²) in [4.78, 5) is 10.1. The summed E-state index contributed by atoms with van der Waals surface area (Å²) >= 11 is 0. The van der Waals surface area contributed by atoms with E-state index in [1.165, 1.54) is 28.6 Å². The Morgan fingerprint density at radius 2 is 1.92 bits per heavy atom. The first-order valence-electron chi connectivity index (χ1n) is 11.6. The van der Waals surface area contributed by atoms with E-state index in [0.29, 0.717) is 30.6 Å². The maximum absolute atomic E-state index is 13.8. The molecule has 6 rings (SSSR count). The average molecular weight is 509 g/mol. The number of halogens is 1. The first-order chi connectivity index (χ1) is 17.2. The van der Waals surface area contributed by atoms with E-state index in [1.807, 2.05) is 42.0 Å². The van der Waals surface area contributed by atoms with Gasteiger partial charge in [0.1, 0.15) is 11.6 Å². The van der Waals surface area contributed by atoms with Crippen molar-refractivity contribution in [2.75, 3.05) is 7.11 Å². The molecule has 2 aromatic carbocycles. The van der Waals surface area contributed by atoms with Crippen molar-refractivity contribution < 1.29 is 22.4 Å². The second-order valence-corrected chi connectivity index (χ2v) is 11.8. The highest BCUT2D eigenvalue weighted by Gasteiger charge is 2.67. The van der Waals surface area contributed by atoms with Gasteiger partial charge < -0.3 is 14.1 Å². The van der Waals surface area contributed by atoms with Crippen molar-refractivity contribution in [3.8, 4) is 11.4 Å². The molecule has 186 valence electrons. The normalized spacial score (nSPS) is 24.4. The third-order valence-corrected chi connectivity index (χ3v) is 9.85. The number of oxime groups is 1. The molecule has 0 radical (unpaired) electrons. The Hall–Kier alpha value is -3.66. The van der Waals surface area contributed by atoms with E-state index in [1.54, 1.807) is 20.4 Å². The van der Waals surface area contributed by atoms with Gasteiger partial charge in [0.15, 0.2) is 5.84 Å². The second-order valence-electron chi connectivity index (χ2n) is 9.65. The van der Waals surface area contributed by atoms with Crippen LogP contribution in [0.1, 0.15) is 43.0 Å². The number of ether oxygens (including phenoxy) is 1. The molecule has 3 heterocycles. The summed E-state index contributed by atoms with van der Waals surface area (Å²) in [6, 6.07) is 11.4. The highest BCUT2D eigenvalue weighted by molar-refractivity contribution is 7.91. The fourth-order valence-corrected chi connectivity index (χ4v) is 7.34. The number of hydrogen-bond acceptors (Lipinski definition) is 6. The Labute approximate surface area is 208 Å². The largest absolute Gasteiger partial charge is 0.495 e. The second kappa shape index (κ2) is 7.67. The summed E-state index contributed by atoms with van der Waals surface area (Å²) in [7, 11) is -2.16. The molecule has 1 spiro atoms. The topological polar surface area (TPSA) is 86.0 Å². The molecule has 36 heavy (non-hydrogen) atoms. The Morgan fingerprint density at radius 1 is 1.17 bits per heavy atom. The van der Waals surface area contributed by atoms with Crippen LogP contribution in [0.3, 0.4) is 0 Å². The highest BCUT2D eigenvalue weighted by atomic mass is 32.2. The van der Waals surface area contributed by atoms with Crippen LogP contribution in [-0.2, 0) is 20.6 Å². The van der Waals surface area contributed by atoms with Crippen LogP contribution in [0.4, 0.5) is 4.39 Å². The zero-order valence-electron chi connectivity index (χ0n) is 20.1. The lowest BCUT2D eigenvalue weighted by Crippen LogP contribution is -2.55. The van der Waals surface area contributed by atoms with Crippen molar-refractivity contribution in [1.29, 1.82) is 0 Å². The number of benzene rings is 2. The SMILES string of the molecule is COc1cc(/C=C2\CC3(CC3)S(=O)(=O)N3C2=NOC3(C)c2ccc(F)cc2)ccc1-n1cnc(C)c1. The van der Waals surface area contributed by atoms with Gasteiger partial charge in [-0.2, -0.15) is 0 Å². The van der Waals surface area contributed by atoms with Gasteiger partial charge in [0.2, 0.25) is 15.7 Å². The van der Waals surface area contributed by atoms with Gasteiger partial charge in [-0.1, -0.05) is 23.4 Å². The van der Waals surface area contributed by atoms with Gasteiger partial charge in [-0.3, -0.25) is 0 Å². The number of imidazole rings is 1. The van der Waals surface area contributed by atoms with Gasteiger partial charge in [0.25, 0.3) is 0 Å². The minimum atomic E-state index is -3.76. The fraction of sp³-hybridized carbons (Fsp3) is 0.308. The first-order valence-corrected chi connectivity index (χ1v) is 13.1. The third kappa shape index (κ3) is 3.27. The van der Waals surface area contributed by atoms with E-state index in [9.17, 15) is 12.8 Å². The number of aryl methyl sites for hydroxylation is 1. The van der Waals surface area contributed by atoms with E-state index in [-0.39, 0.29) is 5.84 Å². The third-order valence-electron chi connectivity index (χ3n) is 7.20. The molecule has 1 saturated heterocycles. The molecule has 8 nitrogen and oxygen atoms in total. The van der Waals surface area contributed by atoms with Gasteiger partial charge in [-0.25, -0.2) is 22.1 Å². The van der Waals surface area contributed by atoms with Crippen LogP contribution in [0, 0.1) is 12.7 Å². The number of aromatic nitrogens is 2. The van der Waals surface area contributed by atoms with Crippen LogP contribution in [0.5, 0.6) is 5.75 Å². The maximum Gasteiger partial charge on any atom is 0.247 e. The molecular weight excluding hydrogens is 483 g/mol. The molecule has 3 aliphatic rings. The van der Waals surface area contributed by atoms with Gasteiger partial charge in [0.05, 0.1) is 29.6 Å². The fourth-order valence-electron chi connectivity index (χ4n) is 5.02. The maximum atomic E-state index is 13.8. The number of hydrogen-bond donors (Lipinski definition) is 0. The number of fused-ring (bicyclic) bond motifs is 1. The van der Waals surface area contributed by atoms with Crippen LogP contribution < -0.4 is 4.74 Å². The summed E-state index contributed by atoms with van der Waals surface area (Å²) in [5.74, 6) is 0.502. The van der Waals surface area contributed by atoms with E-state index < -0.39 is 26.3 Å². The molecule has 1 atom stereocenters. The summed E-state index contributed by atoms with van der Waals surface area (Å²) < 4.78 is 49.1. The van der Waals surface area contributed by atoms with Gasteiger partial charge in [0, 0.05) is 24.3 Å². The van der Waals surface area contributed by atoms with Gasteiger partial charge in [-0.15, -0.1) is 0 Å². The Balaban J connectivity index is 1.43. The van der Waals surface area contributed by atoms with Crippen LogP contribution in [0.15, 0.2) is 65.7 Å². The predicted molar refractivity (Wildman–Crippen MR) is 132 cm³/mol. The summed E-state index contributed by atoms with van der Waals surface area (Å²) in [5.41, 5.74) is 2.45. The summed E-state index contributed by atoms with van der Waals surface area (Å²) in [6.45, 7) is 3.57. The first kappa shape index (κ1) is 22.8. The molecule has 10 heteroatoms. The Bertz CT molecular complexity index is 1540. The Kier molecular flexibility index (Phi) is 4.85. The zero-order valence-corrected chi connectivity index (χ0v) is 20.9. The van der Waals surface area contributed by atoms with Crippen molar-refractivity contribution >= 4 is 21.9 Å². The quantitative estimate of drug-likeness (QED) is 0.518. The number of sulfonamides is 1. The van der Waals surface area contributed by atoms with E-state index in [4.69, 9.17) is 9.57 Å². The number of rotatable bonds is 4. The standard InChI is InChI=1S/C26H25FN4O4S/c1-17-15-30(16-28-17)22-9-4-18(13-23(22)34-3)12-19-14-26(10-11-26)36(32,33)31-24(19)29-35-25(31,2)20-5-7-21(27)8-6-20/h4-9,12-13,15-16H,10-11,14H2,1-3H3/b19-12+. The van der Waals surface area contributed by atoms with Gasteiger partial charge in [-0.05, 0) is 62.1 Å². The van der Waals surface area contributed by atoms with Crippen molar-refractivity contribution in [3.05, 3.63) is 83.2 Å². The lowest BCUT2D eigenvalue weighted by atomic mass is 10.0. The molecule has 1 unspecified atom stereocenters. The summed E-state index contributed by atoms with van der Waals surface area (Å²) in [6.07, 6.45) is 7.06. The highest BCUT2D eigenvalue weighted by Crippen LogP contribution is 2.57. The molecule has 1 aromatic heterocycles. The lowest BCUT2D eigenvalue weighted by Gasteiger charge is -2.40. The predicted octanol–water partition coefficient (Wildman–Crippen LogP) is 4.50. The molecule has 2 fully saturated rings. The van der Waals surface area contributed by atoms with E-state index >= 15 is 0 Å². The van der Waals surface area contributed by atoms with Crippen molar-refractivity contribution in [2.24, 2.45) is 5.16 Å². The minimum absolute atomic E-state index is 0.257. The molecule has 1 saturated carbocycles.